The highest BCUT2D eigenvalue weighted by Crippen LogP contribution is 2.26. The zero-order valence-electron chi connectivity index (χ0n) is 7.54. The van der Waals surface area contributed by atoms with Gasteiger partial charge in [0.05, 0.1) is 0 Å². The molecule has 0 aliphatic heterocycles. The Morgan fingerprint density at radius 3 is 3.00 bits per heavy atom. The van der Waals surface area contributed by atoms with Gasteiger partial charge in [-0.2, -0.15) is 0 Å². The van der Waals surface area contributed by atoms with Gasteiger partial charge in [-0.05, 0) is 23.9 Å². The molecule has 2 rings (SSSR count). The second-order valence-electron chi connectivity index (χ2n) is 2.58. The van der Waals surface area contributed by atoms with E-state index in [2.05, 4.69) is 15.2 Å². The summed E-state index contributed by atoms with van der Waals surface area (Å²) in [6.07, 6.45) is 0. The van der Waals surface area contributed by atoms with E-state index in [1.807, 2.05) is 12.1 Å². The average Bonchev–Trinajstić information content (AvgIpc) is 2.71. The summed E-state index contributed by atoms with van der Waals surface area (Å²) >= 11 is 2.86. The van der Waals surface area contributed by atoms with E-state index in [9.17, 15) is 0 Å². The first-order valence-electron chi connectivity index (χ1n) is 4.01. The SMILES string of the molecule is N=C(N)c1cccc(Sc2nncs2)n1. The number of nitrogens with zero attached hydrogens (tertiary/aromatic N) is 3. The third-order valence-corrected chi connectivity index (χ3v) is 3.25. The van der Waals surface area contributed by atoms with Crippen LogP contribution in [0.2, 0.25) is 0 Å². The predicted octanol–water partition coefficient (Wildman–Crippen LogP) is 1.37. The number of nitrogens with two attached hydrogens (primary N) is 1. The van der Waals surface area contributed by atoms with Crippen LogP contribution in [0.1, 0.15) is 5.69 Å². The Morgan fingerprint density at radius 1 is 1.47 bits per heavy atom. The number of aromatic nitrogens is 3. The minimum atomic E-state index is -0.0327. The van der Waals surface area contributed by atoms with Crippen molar-refractivity contribution in [1.82, 2.24) is 15.2 Å². The molecule has 15 heavy (non-hydrogen) atoms. The molecule has 0 saturated heterocycles. The molecule has 7 heteroatoms. The van der Waals surface area contributed by atoms with Crippen molar-refractivity contribution in [3.63, 3.8) is 0 Å². The summed E-state index contributed by atoms with van der Waals surface area (Å²) in [5, 5.41) is 15.6. The minimum absolute atomic E-state index is 0.0327. The van der Waals surface area contributed by atoms with Gasteiger partial charge in [0.15, 0.2) is 4.34 Å². The first-order valence-corrected chi connectivity index (χ1v) is 5.71. The normalized spacial score (nSPS) is 10.1. The van der Waals surface area contributed by atoms with Gasteiger partial charge in [0.25, 0.3) is 0 Å². The number of hydrogen-bond acceptors (Lipinski definition) is 6. The van der Waals surface area contributed by atoms with E-state index in [1.165, 1.54) is 23.1 Å². The van der Waals surface area contributed by atoms with Crippen LogP contribution in [0.5, 0.6) is 0 Å². The van der Waals surface area contributed by atoms with E-state index in [0.717, 1.165) is 9.37 Å². The van der Waals surface area contributed by atoms with Gasteiger partial charge in [-0.1, -0.05) is 17.4 Å². The molecule has 2 aromatic rings. The first-order chi connectivity index (χ1) is 7.25. The van der Waals surface area contributed by atoms with Crippen molar-refractivity contribution in [2.75, 3.05) is 0 Å². The zero-order chi connectivity index (χ0) is 10.7. The van der Waals surface area contributed by atoms with Crippen molar-refractivity contribution in [3.05, 3.63) is 29.4 Å². The molecule has 5 nitrogen and oxygen atoms in total. The molecule has 0 aliphatic rings. The standard InChI is InChI=1S/C8H7N5S2/c9-7(10)5-2-1-3-6(12-5)15-8-13-11-4-14-8/h1-4H,(H3,9,10). The average molecular weight is 237 g/mol. The molecule has 0 unspecified atom stereocenters. The summed E-state index contributed by atoms with van der Waals surface area (Å²) in [5.74, 6) is -0.0327. The fourth-order valence-corrected chi connectivity index (χ4v) is 2.33. The molecule has 2 aromatic heterocycles. The van der Waals surface area contributed by atoms with Crippen molar-refractivity contribution in [2.24, 2.45) is 5.73 Å². The Morgan fingerprint density at radius 2 is 2.33 bits per heavy atom. The highest BCUT2D eigenvalue weighted by atomic mass is 32.2. The van der Waals surface area contributed by atoms with E-state index in [4.69, 9.17) is 11.1 Å². The molecule has 0 spiro atoms. The second-order valence-corrected chi connectivity index (χ2v) is 4.68. The molecule has 0 radical (unpaired) electrons. The summed E-state index contributed by atoms with van der Waals surface area (Å²) in [7, 11) is 0. The number of nitrogen functional groups attached to an aromatic ring is 1. The number of rotatable bonds is 3. The Kier molecular flexibility index (Phi) is 2.93. The van der Waals surface area contributed by atoms with Crippen molar-refractivity contribution in [3.8, 4) is 0 Å². The number of pyridine rings is 1. The van der Waals surface area contributed by atoms with Gasteiger partial charge in [0, 0.05) is 0 Å². The van der Waals surface area contributed by atoms with E-state index in [0.29, 0.717) is 5.69 Å². The lowest BCUT2D eigenvalue weighted by molar-refractivity contribution is 1.00. The van der Waals surface area contributed by atoms with Gasteiger partial charge in [-0.3, -0.25) is 5.41 Å². The smallest absolute Gasteiger partial charge is 0.180 e. The van der Waals surface area contributed by atoms with Crippen LogP contribution in [-0.2, 0) is 0 Å². The Balaban J connectivity index is 2.22. The van der Waals surface area contributed by atoms with Crippen LogP contribution in [0, 0.1) is 5.41 Å². The van der Waals surface area contributed by atoms with Crippen LogP contribution >= 0.6 is 23.1 Å². The maximum Gasteiger partial charge on any atom is 0.180 e. The number of nitrogens with one attached hydrogen (secondary N) is 1. The molecule has 2 heterocycles. The van der Waals surface area contributed by atoms with Crippen LogP contribution in [0.15, 0.2) is 33.1 Å². The van der Waals surface area contributed by atoms with Gasteiger partial charge < -0.3 is 5.73 Å². The van der Waals surface area contributed by atoms with Crippen LogP contribution in [-0.4, -0.2) is 21.0 Å². The Bertz CT molecular complexity index is 468. The Hall–Kier alpha value is -1.47. The maximum absolute atomic E-state index is 7.26. The lowest BCUT2D eigenvalue weighted by Gasteiger charge is -1.99. The summed E-state index contributed by atoms with van der Waals surface area (Å²) in [6, 6.07) is 5.36. The van der Waals surface area contributed by atoms with E-state index >= 15 is 0 Å². The van der Waals surface area contributed by atoms with Gasteiger partial charge in [0.1, 0.15) is 22.1 Å². The minimum Gasteiger partial charge on any atom is -0.382 e. The number of amidine groups is 1. The Labute approximate surface area is 94.3 Å². The zero-order valence-corrected chi connectivity index (χ0v) is 9.18. The van der Waals surface area contributed by atoms with Gasteiger partial charge in [-0.15, -0.1) is 10.2 Å². The van der Waals surface area contributed by atoms with Crippen LogP contribution in [0.25, 0.3) is 0 Å². The number of hydrogen-bond donors (Lipinski definition) is 2. The molecular formula is C8H7N5S2. The monoisotopic (exact) mass is 237 g/mol. The molecule has 0 amide bonds. The molecule has 0 bridgehead atoms. The third kappa shape index (κ3) is 2.51. The molecule has 0 atom stereocenters. The molecule has 0 fully saturated rings. The van der Waals surface area contributed by atoms with Gasteiger partial charge in [0.2, 0.25) is 0 Å². The topological polar surface area (TPSA) is 88.5 Å². The molecule has 0 aromatic carbocycles. The maximum atomic E-state index is 7.26. The van der Waals surface area contributed by atoms with Crippen molar-refractivity contribution < 1.29 is 0 Å². The van der Waals surface area contributed by atoms with E-state index < -0.39 is 0 Å². The molecule has 0 saturated carbocycles. The molecular weight excluding hydrogens is 230 g/mol. The van der Waals surface area contributed by atoms with E-state index in [1.54, 1.807) is 11.6 Å². The third-order valence-electron chi connectivity index (χ3n) is 1.53. The second kappa shape index (κ2) is 4.37. The van der Waals surface area contributed by atoms with Crippen LogP contribution in [0.3, 0.4) is 0 Å². The van der Waals surface area contributed by atoms with Crippen molar-refractivity contribution in [1.29, 1.82) is 5.41 Å². The molecule has 0 aliphatic carbocycles. The van der Waals surface area contributed by atoms with Crippen LogP contribution < -0.4 is 5.73 Å². The summed E-state index contributed by atoms with van der Waals surface area (Å²) in [4.78, 5) is 4.20. The summed E-state index contributed by atoms with van der Waals surface area (Å²) < 4.78 is 0.822. The summed E-state index contributed by atoms with van der Waals surface area (Å²) in [6.45, 7) is 0. The first kappa shape index (κ1) is 10.1. The van der Waals surface area contributed by atoms with Crippen LogP contribution in [0.4, 0.5) is 0 Å². The highest BCUT2D eigenvalue weighted by molar-refractivity contribution is 8.00. The molecule has 3 N–H and O–H groups in total. The summed E-state index contributed by atoms with van der Waals surface area (Å²) in [5.41, 5.74) is 7.48. The lowest BCUT2D eigenvalue weighted by Crippen LogP contribution is -2.12. The lowest BCUT2D eigenvalue weighted by atomic mass is 10.3. The highest BCUT2D eigenvalue weighted by Gasteiger charge is 2.04. The van der Waals surface area contributed by atoms with Gasteiger partial charge in [-0.25, -0.2) is 4.98 Å². The fourth-order valence-electron chi connectivity index (χ4n) is 0.919. The fraction of sp³-hybridized carbons (Fsp3) is 0. The van der Waals surface area contributed by atoms with Crippen molar-refractivity contribution in [2.45, 2.75) is 9.37 Å². The van der Waals surface area contributed by atoms with Gasteiger partial charge >= 0.3 is 0 Å². The largest absolute Gasteiger partial charge is 0.382 e. The predicted molar refractivity (Wildman–Crippen MR) is 59.3 cm³/mol. The van der Waals surface area contributed by atoms with E-state index in [-0.39, 0.29) is 5.84 Å². The quantitative estimate of drug-likeness (QED) is 0.621. The van der Waals surface area contributed by atoms with Crippen molar-refractivity contribution >= 4 is 28.9 Å². The molecule has 76 valence electrons.